The molecule has 1 rings (SSSR count). The van der Waals surface area contributed by atoms with Gasteiger partial charge in [0, 0.05) is 11.8 Å². The van der Waals surface area contributed by atoms with Crippen LogP contribution in [-0.2, 0) is 0 Å². The Balaban J connectivity index is 2.90. The van der Waals surface area contributed by atoms with Crippen LogP contribution in [0.3, 0.4) is 0 Å². The van der Waals surface area contributed by atoms with Gasteiger partial charge in [-0.15, -0.1) is 0 Å². The molecule has 1 aromatic rings. The van der Waals surface area contributed by atoms with Gasteiger partial charge in [-0.2, -0.15) is 13.2 Å². The van der Waals surface area contributed by atoms with Crippen molar-refractivity contribution >= 4 is 11.6 Å². The molecule has 0 aliphatic heterocycles. The Kier molecular flexibility index (Phi) is 2.77. The van der Waals surface area contributed by atoms with Crippen molar-refractivity contribution in [3.63, 3.8) is 0 Å². The van der Waals surface area contributed by atoms with Crippen molar-refractivity contribution in [1.82, 2.24) is 4.98 Å². The molecule has 1 N–H and O–H groups in total. The van der Waals surface area contributed by atoms with Gasteiger partial charge in [0.15, 0.2) is 6.10 Å². The topological polar surface area (TPSA) is 33.1 Å². The highest BCUT2D eigenvalue weighted by Gasteiger charge is 2.39. The average Bonchev–Trinajstić information content (AvgIpc) is 2.03. The molecule has 1 atom stereocenters. The summed E-state index contributed by atoms with van der Waals surface area (Å²) >= 11 is 5.36. The highest BCUT2D eigenvalue weighted by atomic mass is 35.5. The fraction of sp³-hybridized carbons (Fsp3) is 0.286. The van der Waals surface area contributed by atoms with E-state index in [4.69, 9.17) is 16.7 Å². The van der Waals surface area contributed by atoms with Crippen LogP contribution >= 0.6 is 11.6 Å². The summed E-state index contributed by atoms with van der Waals surface area (Å²) in [5.41, 5.74) is -0.322. The Morgan fingerprint density at radius 2 is 2.00 bits per heavy atom. The Labute approximate surface area is 77.0 Å². The van der Waals surface area contributed by atoms with E-state index in [1.165, 1.54) is 6.07 Å². The first-order valence-corrected chi connectivity index (χ1v) is 3.65. The molecule has 0 amide bonds. The van der Waals surface area contributed by atoms with Crippen molar-refractivity contribution in [2.24, 2.45) is 0 Å². The summed E-state index contributed by atoms with van der Waals surface area (Å²) in [6.45, 7) is 0. The van der Waals surface area contributed by atoms with E-state index in [9.17, 15) is 13.2 Å². The highest BCUT2D eigenvalue weighted by molar-refractivity contribution is 6.29. The number of halogens is 4. The van der Waals surface area contributed by atoms with E-state index in [0.717, 1.165) is 12.3 Å². The largest absolute Gasteiger partial charge is 0.418 e. The van der Waals surface area contributed by atoms with Gasteiger partial charge in [-0.25, -0.2) is 4.98 Å². The van der Waals surface area contributed by atoms with E-state index in [0.29, 0.717) is 0 Å². The zero-order valence-corrected chi connectivity index (χ0v) is 6.97. The second-order valence-corrected chi connectivity index (χ2v) is 2.75. The number of aliphatic hydroxyl groups is 1. The first kappa shape index (κ1) is 10.3. The molecule has 1 heterocycles. The molecule has 0 unspecified atom stereocenters. The first-order valence-electron chi connectivity index (χ1n) is 3.27. The van der Waals surface area contributed by atoms with Gasteiger partial charge in [-0.3, -0.25) is 0 Å². The molecular weight excluding hydrogens is 207 g/mol. The van der Waals surface area contributed by atoms with Gasteiger partial charge in [0.25, 0.3) is 0 Å². The number of aliphatic hydroxyl groups excluding tert-OH is 1. The van der Waals surface area contributed by atoms with Crippen LogP contribution in [0.2, 0.25) is 5.15 Å². The van der Waals surface area contributed by atoms with Crippen molar-refractivity contribution in [3.8, 4) is 0 Å². The van der Waals surface area contributed by atoms with Crippen molar-refractivity contribution in [2.75, 3.05) is 0 Å². The van der Waals surface area contributed by atoms with E-state index in [-0.39, 0.29) is 10.7 Å². The molecule has 0 saturated carbocycles. The lowest BCUT2D eigenvalue weighted by Crippen LogP contribution is -2.20. The highest BCUT2D eigenvalue weighted by Crippen LogP contribution is 2.31. The summed E-state index contributed by atoms with van der Waals surface area (Å²) in [6.07, 6.45) is -6.28. The van der Waals surface area contributed by atoms with E-state index in [1.54, 1.807) is 0 Å². The van der Waals surface area contributed by atoms with Crippen LogP contribution in [0.1, 0.15) is 11.7 Å². The number of hydrogen-bond acceptors (Lipinski definition) is 2. The molecule has 13 heavy (non-hydrogen) atoms. The minimum Gasteiger partial charge on any atom is -0.379 e. The van der Waals surface area contributed by atoms with E-state index in [1.807, 2.05) is 0 Å². The Morgan fingerprint density at radius 1 is 1.38 bits per heavy atom. The van der Waals surface area contributed by atoms with Crippen molar-refractivity contribution < 1.29 is 18.3 Å². The zero-order valence-electron chi connectivity index (χ0n) is 6.22. The zero-order chi connectivity index (χ0) is 10.1. The molecular formula is C7H5ClF3NO. The lowest BCUT2D eigenvalue weighted by atomic mass is 10.1. The van der Waals surface area contributed by atoms with Gasteiger partial charge < -0.3 is 5.11 Å². The summed E-state index contributed by atoms with van der Waals surface area (Å²) in [4.78, 5) is 3.42. The molecule has 1 aromatic heterocycles. The molecule has 0 saturated heterocycles. The molecule has 72 valence electrons. The molecule has 0 radical (unpaired) electrons. The summed E-state index contributed by atoms with van der Waals surface area (Å²) in [5.74, 6) is 0. The van der Waals surface area contributed by atoms with Crippen LogP contribution in [0.5, 0.6) is 0 Å². The maximum Gasteiger partial charge on any atom is 0.418 e. The standard InChI is InChI=1S/C7H5ClF3NO/c8-5-2-1-4(3-12-5)6(13)7(9,10)11/h1-3,6,13H/t6-/m1/s1. The SMILES string of the molecule is O[C@H](c1ccc(Cl)nc1)C(F)(F)F. The number of nitrogens with zero attached hydrogens (tertiary/aromatic N) is 1. The lowest BCUT2D eigenvalue weighted by molar-refractivity contribution is -0.206. The van der Waals surface area contributed by atoms with Crippen LogP contribution in [0.4, 0.5) is 13.2 Å². The fourth-order valence-corrected chi connectivity index (χ4v) is 0.850. The third-order valence-electron chi connectivity index (χ3n) is 1.38. The third-order valence-corrected chi connectivity index (χ3v) is 1.60. The monoisotopic (exact) mass is 211 g/mol. The smallest absolute Gasteiger partial charge is 0.379 e. The Morgan fingerprint density at radius 3 is 2.38 bits per heavy atom. The molecule has 0 fully saturated rings. The van der Waals surface area contributed by atoms with E-state index < -0.39 is 12.3 Å². The van der Waals surface area contributed by atoms with Gasteiger partial charge >= 0.3 is 6.18 Å². The van der Waals surface area contributed by atoms with Crippen molar-refractivity contribution in [2.45, 2.75) is 12.3 Å². The maximum atomic E-state index is 11.9. The third kappa shape index (κ3) is 2.57. The van der Waals surface area contributed by atoms with Crippen LogP contribution in [0, 0.1) is 0 Å². The van der Waals surface area contributed by atoms with Crippen LogP contribution in [0.15, 0.2) is 18.3 Å². The predicted molar refractivity (Wildman–Crippen MR) is 40.3 cm³/mol. The minimum atomic E-state index is -4.67. The van der Waals surface area contributed by atoms with Crippen molar-refractivity contribution in [3.05, 3.63) is 29.0 Å². The summed E-state index contributed by atoms with van der Waals surface area (Å²) in [5, 5.41) is 8.82. The molecule has 2 nitrogen and oxygen atoms in total. The van der Waals surface area contributed by atoms with E-state index >= 15 is 0 Å². The summed E-state index contributed by atoms with van der Waals surface area (Å²) in [6, 6.07) is 2.26. The fourth-order valence-electron chi connectivity index (χ4n) is 0.738. The Hall–Kier alpha value is -0.810. The number of pyridine rings is 1. The molecule has 0 aliphatic carbocycles. The average molecular weight is 212 g/mol. The molecule has 0 bridgehead atoms. The van der Waals surface area contributed by atoms with Gasteiger partial charge in [0.1, 0.15) is 5.15 Å². The predicted octanol–water partition coefficient (Wildman–Crippen LogP) is 2.33. The van der Waals surface area contributed by atoms with Crippen LogP contribution in [-0.4, -0.2) is 16.3 Å². The summed E-state index contributed by atoms with van der Waals surface area (Å²) in [7, 11) is 0. The normalized spacial score (nSPS) is 14.2. The van der Waals surface area contributed by atoms with E-state index in [2.05, 4.69) is 4.98 Å². The van der Waals surface area contributed by atoms with Crippen LogP contribution < -0.4 is 0 Å². The molecule has 0 aliphatic rings. The van der Waals surface area contributed by atoms with Crippen LogP contribution in [0.25, 0.3) is 0 Å². The molecule has 0 spiro atoms. The quantitative estimate of drug-likeness (QED) is 0.724. The second kappa shape index (κ2) is 3.51. The van der Waals surface area contributed by atoms with Crippen molar-refractivity contribution in [1.29, 1.82) is 0 Å². The molecule has 0 aromatic carbocycles. The first-order chi connectivity index (χ1) is 5.91. The number of rotatable bonds is 1. The number of aromatic nitrogens is 1. The maximum absolute atomic E-state index is 11.9. The second-order valence-electron chi connectivity index (χ2n) is 2.36. The van der Waals surface area contributed by atoms with Gasteiger partial charge in [-0.05, 0) is 6.07 Å². The number of alkyl halides is 3. The molecule has 6 heteroatoms. The lowest BCUT2D eigenvalue weighted by Gasteiger charge is -2.13. The van der Waals surface area contributed by atoms with Gasteiger partial charge in [0.2, 0.25) is 0 Å². The van der Waals surface area contributed by atoms with Gasteiger partial charge in [0.05, 0.1) is 0 Å². The number of hydrogen-bond donors (Lipinski definition) is 1. The van der Waals surface area contributed by atoms with Gasteiger partial charge in [-0.1, -0.05) is 17.7 Å². The minimum absolute atomic E-state index is 0.0816. The summed E-state index contributed by atoms with van der Waals surface area (Å²) < 4.78 is 35.8. The Bertz CT molecular complexity index is 285.